The molecule has 7 heteroatoms. The van der Waals surface area contributed by atoms with Crippen LogP contribution in [-0.2, 0) is 15.7 Å². The van der Waals surface area contributed by atoms with Crippen molar-refractivity contribution in [3.05, 3.63) is 66.0 Å². The van der Waals surface area contributed by atoms with Crippen LogP contribution in [0.4, 0.5) is 13.2 Å². The van der Waals surface area contributed by atoms with Crippen LogP contribution in [0.25, 0.3) is 6.08 Å². The molecule has 0 unspecified atom stereocenters. The van der Waals surface area contributed by atoms with E-state index in [2.05, 4.69) is 4.98 Å². The van der Waals surface area contributed by atoms with Gasteiger partial charge in [-0.1, -0.05) is 12.1 Å². The van der Waals surface area contributed by atoms with Crippen molar-refractivity contribution in [2.24, 2.45) is 0 Å². The number of aromatic nitrogens is 1. The van der Waals surface area contributed by atoms with Crippen molar-refractivity contribution in [2.75, 3.05) is 13.2 Å². The first-order valence-electron chi connectivity index (χ1n) is 7.00. The Morgan fingerprint density at radius 3 is 2.71 bits per heavy atom. The van der Waals surface area contributed by atoms with Gasteiger partial charge in [0.2, 0.25) is 0 Å². The van der Waals surface area contributed by atoms with Crippen LogP contribution >= 0.6 is 0 Å². The summed E-state index contributed by atoms with van der Waals surface area (Å²) >= 11 is 0. The maximum Gasteiger partial charge on any atom is 0.416 e. The molecule has 126 valence electrons. The first-order chi connectivity index (χ1) is 11.4. The largest absolute Gasteiger partial charge is 0.488 e. The minimum absolute atomic E-state index is 0.0145. The molecule has 0 N–H and O–H groups in total. The van der Waals surface area contributed by atoms with E-state index in [0.717, 1.165) is 18.2 Å². The fourth-order valence-corrected chi connectivity index (χ4v) is 1.77. The van der Waals surface area contributed by atoms with Crippen LogP contribution in [-0.4, -0.2) is 24.2 Å². The number of benzene rings is 1. The van der Waals surface area contributed by atoms with Crippen molar-refractivity contribution in [3.8, 4) is 5.75 Å². The third kappa shape index (κ3) is 5.75. The Morgan fingerprint density at radius 2 is 2.00 bits per heavy atom. The second-order valence-corrected chi connectivity index (χ2v) is 4.66. The number of carbonyl (C=O) groups is 1. The number of carbonyl (C=O) groups excluding carboxylic acids is 1. The highest BCUT2D eigenvalue weighted by Gasteiger charge is 2.30. The number of ether oxygens (including phenoxy) is 2. The molecule has 24 heavy (non-hydrogen) atoms. The van der Waals surface area contributed by atoms with E-state index in [1.54, 1.807) is 18.3 Å². The van der Waals surface area contributed by atoms with Gasteiger partial charge in [-0.15, -0.1) is 0 Å². The van der Waals surface area contributed by atoms with E-state index in [9.17, 15) is 18.0 Å². The van der Waals surface area contributed by atoms with Crippen LogP contribution in [0.2, 0.25) is 0 Å². The van der Waals surface area contributed by atoms with E-state index >= 15 is 0 Å². The summed E-state index contributed by atoms with van der Waals surface area (Å²) in [4.78, 5) is 15.4. The van der Waals surface area contributed by atoms with Crippen LogP contribution in [0.15, 0.2) is 54.9 Å². The molecule has 0 saturated heterocycles. The topological polar surface area (TPSA) is 48.4 Å². The summed E-state index contributed by atoms with van der Waals surface area (Å²) in [5, 5.41) is 0. The van der Waals surface area contributed by atoms with Gasteiger partial charge < -0.3 is 9.47 Å². The lowest BCUT2D eigenvalue weighted by molar-refractivity contribution is -0.138. The number of rotatable bonds is 6. The molecule has 0 spiro atoms. The Morgan fingerprint density at radius 1 is 1.17 bits per heavy atom. The zero-order valence-electron chi connectivity index (χ0n) is 12.5. The van der Waals surface area contributed by atoms with Gasteiger partial charge in [0, 0.05) is 12.3 Å². The van der Waals surface area contributed by atoms with Gasteiger partial charge in [0.25, 0.3) is 0 Å². The van der Waals surface area contributed by atoms with Crippen molar-refractivity contribution in [1.29, 1.82) is 0 Å². The summed E-state index contributed by atoms with van der Waals surface area (Å²) < 4.78 is 47.9. The van der Waals surface area contributed by atoms with E-state index in [-0.39, 0.29) is 18.8 Å². The van der Waals surface area contributed by atoms with E-state index in [0.29, 0.717) is 5.75 Å². The van der Waals surface area contributed by atoms with E-state index in [1.165, 1.54) is 24.4 Å². The van der Waals surface area contributed by atoms with Crippen molar-refractivity contribution < 1.29 is 27.4 Å². The van der Waals surface area contributed by atoms with Crippen molar-refractivity contribution >= 4 is 12.0 Å². The molecular formula is C17H14F3NO3. The summed E-state index contributed by atoms with van der Waals surface area (Å²) in [6.45, 7) is 0.162. The third-order valence-corrected chi connectivity index (χ3v) is 2.86. The van der Waals surface area contributed by atoms with Crippen LogP contribution in [0, 0.1) is 0 Å². The average Bonchev–Trinajstić information content (AvgIpc) is 2.57. The number of alkyl halides is 3. The molecule has 0 fully saturated rings. The summed E-state index contributed by atoms with van der Waals surface area (Å²) in [5.74, 6) is -0.116. The number of hydrogen-bond donors (Lipinski definition) is 0. The quantitative estimate of drug-likeness (QED) is 0.458. The lowest BCUT2D eigenvalue weighted by Crippen LogP contribution is -2.10. The normalized spacial score (nSPS) is 11.5. The van der Waals surface area contributed by atoms with Gasteiger partial charge in [-0.25, -0.2) is 4.79 Å². The first-order valence-corrected chi connectivity index (χ1v) is 7.00. The predicted octanol–water partition coefficient (Wildman–Crippen LogP) is 3.74. The van der Waals surface area contributed by atoms with Gasteiger partial charge in [0.15, 0.2) is 0 Å². The van der Waals surface area contributed by atoms with Crippen LogP contribution < -0.4 is 4.74 Å². The summed E-state index contributed by atoms with van der Waals surface area (Å²) in [5.41, 5.74) is -0.517. The van der Waals surface area contributed by atoms with Crippen molar-refractivity contribution in [1.82, 2.24) is 4.98 Å². The highest BCUT2D eigenvalue weighted by molar-refractivity contribution is 5.87. The molecular weight excluding hydrogens is 323 g/mol. The molecule has 1 aromatic carbocycles. The van der Waals surface area contributed by atoms with Gasteiger partial charge in [0.1, 0.15) is 19.0 Å². The maximum absolute atomic E-state index is 12.6. The zero-order valence-corrected chi connectivity index (χ0v) is 12.5. The van der Waals surface area contributed by atoms with Gasteiger partial charge >= 0.3 is 12.1 Å². The number of hydrogen-bond acceptors (Lipinski definition) is 4. The number of esters is 1. The first kappa shape index (κ1) is 17.5. The van der Waals surface area contributed by atoms with Crippen molar-refractivity contribution in [2.45, 2.75) is 6.18 Å². The van der Waals surface area contributed by atoms with E-state index < -0.39 is 17.7 Å². The average molecular weight is 337 g/mol. The van der Waals surface area contributed by atoms with Crippen molar-refractivity contribution in [3.63, 3.8) is 0 Å². The minimum atomic E-state index is -4.42. The summed E-state index contributed by atoms with van der Waals surface area (Å²) in [6, 6.07) is 8.07. The fraction of sp³-hybridized carbons (Fsp3) is 0.176. The van der Waals surface area contributed by atoms with Gasteiger partial charge in [-0.2, -0.15) is 13.2 Å². The molecule has 0 aliphatic carbocycles. The Hall–Kier alpha value is -2.83. The van der Waals surface area contributed by atoms with Crippen LogP contribution in [0.1, 0.15) is 11.1 Å². The second-order valence-electron chi connectivity index (χ2n) is 4.66. The van der Waals surface area contributed by atoms with E-state index in [4.69, 9.17) is 9.47 Å². The summed E-state index contributed by atoms with van der Waals surface area (Å²) in [6.07, 6.45) is 1.04. The Labute approximate surface area is 136 Å². The molecule has 2 rings (SSSR count). The third-order valence-electron chi connectivity index (χ3n) is 2.86. The number of halogens is 3. The molecule has 0 saturated carbocycles. The lowest BCUT2D eigenvalue weighted by Gasteiger charge is -2.07. The minimum Gasteiger partial charge on any atom is -0.488 e. The summed E-state index contributed by atoms with van der Waals surface area (Å²) in [7, 11) is 0. The van der Waals surface area contributed by atoms with Crippen LogP contribution in [0.5, 0.6) is 5.75 Å². The van der Waals surface area contributed by atoms with Crippen LogP contribution in [0.3, 0.4) is 0 Å². The molecule has 0 amide bonds. The lowest BCUT2D eigenvalue weighted by atomic mass is 10.1. The SMILES string of the molecule is O=C(/C=C/c1cccc(C(F)(F)F)c1)OCCOc1cccnc1. The molecule has 1 heterocycles. The Balaban J connectivity index is 1.79. The molecule has 0 atom stereocenters. The van der Waals surface area contributed by atoms with Gasteiger partial charge in [-0.05, 0) is 35.9 Å². The standard InChI is InChI=1S/C17H14F3NO3/c18-17(19,20)14-4-1-3-13(11-14)6-7-16(22)24-10-9-23-15-5-2-8-21-12-15/h1-8,11-12H,9-10H2/b7-6+. The highest BCUT2D eigenvalue weighted by atomic mass is 19.4. The molecule has 0 aliphatic rings. The maximum atomic E-state index is 12.6. The number of nitrogens with zero attached hydrogens (tertiary/aromatic N) is 1. The Bertz CT molecular complexity index is 700. The number of pyridine rings is 1. The molecule has 0 bridgehead atoms. The molecule has 0 aliphatic heterocycles. The second kappa shape index (κ2) is 8.14. The Kier molecular flexibility index (Phi) is 5.95. The van der Waals surface area contributed by atoms with Gasteiger partial charge in [-0.3, -0.25) is 4.98 Å². The molecule has 4 nitrogen and oxygen atoms in total. The molecule has 1 aromatic heterocycles. The fourth-order valence-electron chi connectivity index (χ4n) is 1.77. The predicted molar refractivity (Wildman–Crippen MR) is 81.2 cm³/mol. The highest BCUT2D eigenvalue weighted by Crippen LogP contribution is 2.29. The molecule has 2 aromatic rings. The smallest absolute Gasteiger partial charge is 0.416 e. The monoisotopic (exact) mass is 337 g/mol. The molecule has 0 radical (unpaired) electrons. The van der Waals surface area contributed by atoms with Gasteiger partial charge in [0.05, 0.1) is 11.8 Å². The van der Waals surface area contributed by atoms with E-state index in [1.807, 2.05) is 0 Å². The zero-order chi connectivity index (χ0) is 17.4.